The van der Waals surface area contributed by atoms with Crippen molar-refractivity contribution in [2.75, 3.05) is 6.54 Å². The standard InChI is InChI=1S/C15H14F3N/c1-2-19-15(10-6-3-4-8-12(10)16)11-7-5-9-13(17)14(11)18/h3-9,15,19H,2H2,1H3. The normalized spacial score (nSPS) is 12.4. The van der Waals surface area contributed by atoms with Crippen LogP contribution in [0.4, 0.5) is 13.2 Å². The third kappa shape index (κ3) is 2.79. The molecule has 0 aliphatic carbocycles. The third-order valence-corrected chi connectivity index (χ3v) is 2.92. The first-order valence-corrected chi connectivity index (χ1v) is 6.06. The van der Waals surface area contributed by atoms with Gasteiger partial charge in [0.25, 0.3) is 0 Å². The van der Waals surface area contributed by atoms with Crippen molar-refractivity contribution in [3.05, 3.63) is 71.0 Å². The lowest BCUT2D eigenvalue weighted by Gasteiger charge is -2.20. The minimum Gasteiger partial charge on any atom is -0.306 e. The van der Waals surface area contributed by atoms with Gasteiger partial charge in [-0.2, -0.15) is 0 Å². The second-order valence-corrected chi connectivity index (χ2v) is 4.16. The second kappa shape index (κ2) is 5.89. The molecule has 0 bridgehead atoms. The first-order chi connectivity index (χ1) is 9.15. The maximum Gasteiger partial charge on any atom is 0.163 e. The van der Waals surface area contributed by atoms with Crippen LogP contribution in [-0.2, 0) is 0 Å². The minimum absolute atomic E-state index is 0.104. The average Bonchev–Trinajstić information content (AvgIpc) is 2.41. The number of nitrogens with one attached hydrogen (secondary N) is 1. The highest BCUT2D eigenvalue weighted by Crippen LogP contribution is 2.27. The van der Waals surface area contributed by atoms with Gasteiger partial charge < -0.3 is 5.32 Å². The molecule has 0 radical (unpaired) electrons. The molecule has 0 amide bonds. The summed E-state index contributed by atoms with van der Waals surface area (Å²) in [6.07, 6.45) is 0. The van der Waals surface area contributed by atoms with E-state index in [1.165, 1.54) is 18.2 Å². The molecule has 1 unspecified atom stereocenters. The number of hydrogen-bond donors (Lipinski definition) is 1. The Morgan fingerprint density at radius 1 is 0.895 bits per heavy atom. The van der Waals surface area contributed by atoms with Crippen molar-refractivity contribution in [1.82, 2.24) is 5.32 Å². The maximum absolute atomic E-state index is 13.9. The average molecular weight is 265 g/mol. The Bertz CT molecular complexity index is 569. The zero-order chi connectivity index (χ0) is 13.8. The molecule has 0 aliphatic heterocycles. The topological polar surface area (TPSA) is 12.0 Å². The third-order valence-electron chi connectivity index (χ3n) is 2.92. The van der Waals surface area contributed by atoms with Crippen molar-refractivity contribution < 1.29 is 13.2 Å². The molecule has 1 atom stereocenters. The maximum atomic E-state index is 13.9. The lowest BCUT2D eigenvalue weighted by molar-refractivity contribution is 0.477. The molecular weight excluding hydrogens is 251 g/mol. The van der Waals surface area contributed by atoms with Crippen LogP contribution in [0.3, 0.4) is 0 Å². The summed E-state index contributed by atoms with van der Waals surface area (Å²) in [4.78, 5) is 0. The van der Waals surface area contributed by atoms with E-state index in [2.05, 4.69) is 5.32 Å². The fourth-order valence-corrected chi connectivity index (χ4v) is 2.04. The molecule has 0 aliphatic rings. The fourth-order valence-electron chi connectivity index (χ4n) is 2.04. The highest BCUT2D eigenvalue weighted by atomic mass is 19.2. The van der Waals surface area contributed by atoms with Crippen LogP contribution >= 0.6 is 0 Å². The van der Waals surface area contributed by atoms with E-state index in [-0.39, 0.29) is 5.56 Å². The molecule has 1 N–H and O–H groups in total. The van der Waals surface area contributed by atoms with E-state index in [0.717, 1.165) is 6.07 Å². The molecule has 100 valence electrons. The van der Waals surface area contributed by atoms with Gasteiger partial charge in [-0.25, -0.2) is 13.2 Å². The fraction of sp³-hybridized carbons (Fsp3) is 0.200. The quantitative estimate of drug-likeness (QED) is 0.886. The van der Waals surface area contributed by atoms with E-state index in [0.29, 0.717) is 12.1 Å². The lowest BCUT2D eigenvalue weighted by Crippen LogP contribution is -2.24. The van der Waals surface area contributed by atoms with Gasteiger partial charge in [0, 0.05) is 11.1 Å². The van der Waals surface area contributed by atoms with Gasteiger partial charge in [0.1, 0.15) is 5.82 Å². The van der Waals surface area contributed by atoms with Crippen molar-refractivity contribution in [1.29, 1.82) is 0 Å². The Labute approximate surface area is 110 Å². The molecule has 4 heteroatoms. The molecule has 0 aromatic heterocycles. The van der Waals surface area contributed by atoms with E-state index in [1.807, 2.05) is 6.92 Å². The summed E-state index contributed by atoms with van der Waals surface area (Å²) < 4.78 is 41.0. The zero-order valence-corrected chi connectivity index (χ0v) is 10.5. The first-order valence-electron chi connectivity index (χ1n) is 6.06. The predicted molar refractivity (Wildman–Crippen MR) is 68.3 cm³/mol. The highest BCUT2D eigenvalue weighted by Gasteiger charge is 2.21. The highest BCUT2D eigenvalue weighted by molar-refractivity contribution is 5.34. The number of hydrogen-bond acceptors (Lipinski definition) is 1. The minimum atomic E-state index is -0.947. The lowest BCUT2D eigenvalue weighted by atomic mass is 9.97. The second-order valence-electron chi connectivity index (χ2n) is 4.16. The zero-order valence-electron chi connectivity index (χ0n) is 10.5. The summed E-state index contributed by atoms with van der Waals surface area (Å²) in [5.74, 6) is -2.33. The summed E-state index contributed by atoms with van der Waals surface area (Å²) in [6.45, 7) is 2.33. The molecule has 2 aromatic carbocycles. The molecule has 2 aromatic rings. The largest absolute Gasteiger partial charge is 0.306 e. The van der Waals surface area contributed by atoms with Gasteiger partial charge in [-0.05, 0) is 18.7 Å². The van der Waals surface area contributed by atoms with E-state index in [9.17, 15) is 13.2 Å². The van der Waals surface area contributed by atoms with Crippen LogP contribution in [0, 0.1) is 17.5 Å². The predicted octanol–water partition coefficient (Wildman–Crippen LogP) is 3.80. The number of halogens is 3. The van der Waals surface area contributed by atoms with E-state index < -0.39 is 23.5 Å². The molecule has 0 spiro atoms. The molecule has 0 heterocycles. The van der Waals surface area contributed by atoms with Gasteiger partial charge in [0.15, 0.2) is 11.6 Å². The van der Waals surface area contributed by atoms with Crippen molar-refractivity contribution in [3.8, 4) is 0 Å². The molecule has 1 nitrogen and oxygen atoms in total. The molecule has 19 heavy (non-hydrogen) atoms. The van der Waals surface area contributed by atoms with Crippen molar-refractivity contribution >= 4 is 0 Å². The van der Waals surface area contributed by atoms with Crippen molar-refractivity contribution in [2.24, 2.45) is 0 Å². The molecule has 0 fully saturated rings. The summed E-state index contributed by atoms with van der Waals surface area (Å²) in [7, 11) is 0. The van der Waals surface area contributed by atoms with E-state index in [1.54, 1.807) is 18.2 Å². The summed E-state index contributed by atoms with van der Waals surface area (Å²) >= 11 is 0. The van der Waals surface area contributed by atoms with Crippen LogP contribution in [0.5, 0.6) is 0 Å². The Hall–Kier alpha value is -1.81. The van der Waals surface area contributed by atoms with Gasteiger partial charge in [0.2, 0.25) is 0 Å². The molecular formula is C15H14F3N. The number of benzene rings is 2. The van der Waals surface area contributed by atoms with Gasteiger partial charge in [-0.3, -0.25) is 0 Å². The summed E-state index contributed by atoms with van der Waals surface area (Å²) in [6, 6.07) is 9.30. The smallest absolute Gasteiger partial charge is 0.163 e. The van der Waals surface area contributed by atoms with Crippen molar-refractivity contribution in [2.45, 2.75) is 13.0 Å². The monoisotopic (exact) mass is 265 g/mol. The van der Waals surface area contributed by atoms with E-state index in [4.69, 9.17) is 0 Å². The molecule has 0 saturated carbocycles. The van der Waals surface area contributed by atoms with Crippen LogP contribution in [0.25, 0.3) is 0 Å². The van der Waals surface area contributed by atoms with Crippen LogP contribution in [0.2, 0.25) is 0 Å². The first kappa shape index (κ1) is 13.6. The summed E-state index contributed by atoms with van der Waals surface area (Å²) in [5.41, 5.74) is 0.404. The van der Waals surface area contributed by atoms with E-state index >= 15 is 0 Å². The Morgan fingerprint density at radius 2 is 1.53 bits per heavy atom. The summed E-state index contributed by atoms with van der Waals surface area (Å²) in [5, 5.41) is 2.98. The van der Waals surface area contributed by atoms with Crippen LogP contribution < -0.4 is 5.32 Å². The van der Waals surface area contributed by atoms with Crippen LogP contribution in [-0.4, -0.2) is 6.54 Å². The SMILES string of the molecule is CCNC(c1ccccc1F)c1cccc(F)c1F. The number of rotatable bonds is 4. The van der Waals surface area contributed by atoms with Crippen LogP contribution in [0.15, 0.2) is 42.5 Å². The van der Waals surface area contributed by atoms with Crippen molar-refractivity contribution in [3.63, 3.8) is 0 Å². The van der Waals surface area contributed by atoms with Gasteiger partial charge >= 0.3 is 0 Å². The van der Waals surface area contributed by atoms with Crippen LogP contribution in [0.1, 0.15) is 24.1 Å². The van der Waals surface area contributed by atoms with Gasteiger partial charge in [-0.1, -0.05) is 37.3 Å². The van der Waals surface area contributed by atoms with Gasteiger partial charge in [0.05, 0.1) is 6.04 Å². The Kier molecular flexibility index (Phi) is 4.22. The van der Waals surface area contributed by atoms with Gasteiger partial charge in [-0.15, -0.1) is 0 Å². The Morgan fingerprint density at radius 3 is 2.21 bits per heavy atom. The molecule has 0 saturated heterocycles. The Balaban J connectivity index is 2.52. The molecule has 2 rings (SSSR count).